The standard InChI is InChI=1S/C13H24N2O4/c1-8(2)6-10(12(16)17)7-14-13(18)15-11-4-5-19-9(11)3/h8-11H,4-7H2,1-3H3,(H,16,17)(H2,14,15,18). The molecule has 0 aromatic heterocycles. The van der Waals surface area contributed by atoms with Gasteiger partial charge in [-0.2, -0.15) is 0 Å². The van der Waals surface area contributed by atoms with E-state index in [1.807, 2.05) is 20.8 Å². The van der Waals surface area contributed by atoms with Crippen LogP contribution in [0.1, 0.15) is 33.6 Å². The maximum atomic E-state index is 11.7. The van der Waals surface area contributed by atoms with Gasteiger partial charge in [-0.1, -0.05) is 13.8 Å². The van der Waals surface area contributed by atoms with Crippen molar-refractivity contribution in [2.45, 2.75) is 45.8 Å². The Morgan fingerprint density at radius 3 is 2.58 bits per heavy atom. The summed E-state index contributed by atoms with van der Waals surface area (Å²) in [7, 11) is 0. The van der Waals surface area contributed by atoms with Crippen LogP contribution in [0.4, 0.5) is 4.79 Å². The van der Waals surface area contributed by atoms with E-state index in [-0.39, 0.29) is 30.6 Å². The van der Waals surface area contributed by atoms with Gasteiger partial charge in [0.15, 0.2) is 0 Å². The normalized spacial score (nSPS) is 24.2. The van der Waals surface area contributed by atoms with E-state index >= 15 is 0 Å². The van der Waals surface area contributed by atoms with Gasteiger partial charge in [0.1, 0.15) is 0 Å². The van der Waals surface area contributed by atoms with Crippen LogP contribution in [-0.4, -0.2) is 42.4 Å². The Balaban J connectivity index is 2.33. The second-order valence-electron chi connectivity index (χ2n) is 5.49. The zero-order chi connectivity index (χ0) is 14.4. The molecule has 0 aromatic carbocycles. The van der Waals surface area contributed by atoms with Crippen molar-refractivity contribution in [3.8, 4) is 0 Å². The van der Waals surface area contributed by atoms with Gasteiger partial charge in [0.2, 0.25) is 0 Å². The number of aliphatic carboxylic acids is 1. The van der Waals surface area contributed by atoms with Gasteiger partial charge < -0.3 is 20.5 Å². The molecule has 2 amide bonds. The molecule has 0 radical (unpaired) electrons. The Morgan fingerprint density at radius 2 is 2.11 bits per heavy atom. The second-order valence-corrected chi connectivity index (χ2v) is 5.49. The van der Waals surface area contributed by atoms with Gasteiger partial charge in [0.05, 0.1) is 18.1 Å². The van der Waals surface area contributed by atoms with Gasteiger partial charge in [-0.3, -0.25) is 4.79 Å². The highest BCUT2D eigenvalue weighted by Gasteiger charge is 2.26. The van der Waals surface area contributed by atoms with Gasteiger partial charge >= 0.3 is 12.0 Å². The van der Waals surface area contributed by atoms with Crippen LogP contribution in [0.25, 0.3) is 0 Å². The van der Waals surface area contributed by atoms with Gasteiger partial charge in [0.25, 0.3) is 0 Å². The molecule has 1 rings (SSSR count). The number of hydrogen-bond donors (Lipinski definition) is 3. The molecule has 0 saturated carbocycles. The Kier molecular flexibility index (Phi) is 6.08. The number of carbonyl (C=O) groups excluding carboxylic acids is 1. The molecule has 6 nitrogen and oxygen atoms in total. The number of carboxylic acids is 1. The summed E-state index contributed by atoms with van der Waals surface area (Å²) in [6.45, 7) is 6.65. The average molecular weight is 272 g/mol. The fraction of sp³-hybridized carbons (Fsp3) is 0.846. The van der Waals surface area contributed by atoms with Crippen molar-refractivity contribution in [1.29, 1.82) is 0 Å². The lowest BCUT2D eigenvalue weighted by molar-refractivity contribution is -0.142. The molecule has 1 heterocycles. The minimum atomic E-state index is -0.869. The van der Waals surface area contributed by atoms with Crippen LogP contribution in [0.3, 0.4) is 0 Å². The first kappa shape index (κ1) is 15.8. The van der Waals surface area contributed by atoms with Crippen LogP contribution in [0, 0.1) is 11.8 Å². The predicted molar refractivity (Wildman–Crippen MR) is 70.9 cm³/mol. The minimum absolute atomic E-state index is 0.00776. The van der Waals surface area contributed by atoms with E-state index in [0.29, 0.717) is 13.0 Å². The summed E-state index contributed by atoms with van der Waals surface area (Å²) < 4.78 is 5.35. The van der Waals surface area contributed by atoms with Crippen LogP contribution in [0.15, 0.2) is 0 Å². The first-order chi connectivity index (χ1) is 8.90. The summed E-state index contributed by atoms with van der Waals surface area (Å²) >= 11 is 0. The zero-order valence-corrected chi connectivity index (χ0v) is 11.8. The van der Waals surface area contributed by atoms with E-state index in [9.17, 15) is 9.59 Å². The van der Waals surface area contributed by atoms with Crippen molar-refractivity contribution in [2.24, 2.45) is 11.8 Å². The van der Waals surface area contributed by atoms with E-state index in [1.165, 1.54) is 0 Å². The van der Waals surface area contributed by atoms with Crippen molar-refractivity contribution in [3.05, 3.63) is 0 Å². The SMILES string of the molecule is CC(C)CC(CNC(=O)NC1CCOC1C)C(=O)O. The summed E-state index contributed by atoms with van der Waals surface area (Å²) in [6, 6.07) is -0.314. The summed E-state index contributed by atoms with van der Waals surface area (Å²) in [5.41, 5.74) is 0. The molecular weight excluding hydrogens is 248 g/mol. The molecular formula is C13H24N2O4. The van der Waals surface area contributed by atoms with Crippen LogP contribution < -0.4 is 10.6 Å². The lowest BCUT2D eigenvalue weighted by Crippen LogP contribution is -2.46. The van der Waals surface area contributed by atoms with Crippen LogP contribution in [0.2, 0.25) is 0 Å². The van der Waals surface area contributed by atoms with Crippen LogP contribution in [0.5, 0.6) is 0 Å². The number of amides is 2. The molecule has 1 saturated heterocycles. The summed E-state index contributed by atoms with van der Waals surface area (Å²) in [5.74, 6) is -1.12. The van der Waals surface area contributed by atoms with E-state index in [4.69, 9.17) is 9.84 Å². The van der Waals surface area contributed by atoms with Crippen molar-refractivity contribution in [3.63, 3.8) is 0 Å². The van der Waals surface area contributed by atoms with Gasteiger partial charge in [-0.25, -0.2) is 4.79 Å². The molecule has 1 aliphatic rings. The molecule has 0 bridgehead atoms. The van der Waals surface area contributed by atoms with Crippen molar-refractivity contribution >= 4 is 12.0 Å². The Labute approximate surface area is 113 Å². The molecule has 0 aromatic rings. The number of rotatable bonds is 6. The lowest BCUT2D eigenvalue weighted by Gasteiger charge is -2.19. The monoisotopic (exact) mass is 272 g/mol. The van der Waals surface area contributed by atoms with Crippen molar-refractivity contribution in [1.82, 2.24) is 10.6 Å². The molecule has 6 heteroatoms. The van der Waals surface area contributed by atoms with E-state index < -0.39 is 11.9 Å². The Bertz CT molecular complexity index is 320. The van der Waals surface area contributed by atoms with E-state index in [1.54, 1.807) is 0 Å². The highest BCUT2D eigenvalue weighted by Crippen LogP contribution is 2.13. The van der Waals surface area contributed by atoms with Gasteiger partial charge in [-0.15, -0.1) is 0 Å². The zero-order valence-electron chi connectivity index (χ0n) is 11.8. The molecule has 3 N–H and O–H groups in total. The van der Waals surface area contributed by atoms with Gasteiger partial charge in [0, 0.05) is 13.2 Å². The van der Waals surface area contributed by atoms with Crippen LogP contribution >= 0.6 is 0 Å². The van der Waals surface area contributed by atoms with Crippen LogP contribution in [-0.2, 0) is 9.53 Å². The number of carbonyl (C=O) groups is 2. The lowest BCUT2D eigenvalue weighted by atomic mass is 9.97. The number of nitrogens with one attached hydrogen (secondary N) is 2. The number of ether oxygens (including phenoxy) is 1. The maximum absolute atomic E-state index is 11.7. The second kappa shape index (κ2) is 7.33. The third kappa shape index (κ3) is 5.46. The molecule has 1 aliphatic heterocycles. The highest BCUT2D eigenvalue weighted by molar-refractivity contribution is 5.76. The largest absolute Gasteiger partial charge is 0.481 e. The molecule has 0 spiro atoms. The first-order valence-corrected chi connectivity index (χ1v) is 6.79. The first-order valence-electron chi connectivity index (χ1n) is 6.79. The van der Waals surface area contributed by atoms with E-state index in [2.05, 4.69) is 10.6 Å². The number of hydrogen-bond acceptors (Lipinski definition) is 3. The quantitative estimate of drug-likeness (QED) is 0.678. The third-order valence-electron chi connectivity index (χ3n) is 3.31. The topological polar surface area (TPSA) is 87.7 Å². The van der Waals surface area contributed by atoms with E-state index in [0.717, 1.165) is 6.42 Å². The Morgan fingerprint density at radius 1 is 1.42 bits per heavy atom. The molecule has 110 valence electrons. The summed E-state index contributed by atoms with van der Waals surface area (Å²) in [6.07, 6.45) is 1.36. The maximum Gasteiger partial charge on any atom is 0.315 e. The fourth-order valence-electron chi connectivity index (χ4n) is 2.20. The summed E-state index contributed by atoms with van der Waals surface area (Å²) in [5, 5.41) is 14.5. The van der Waals surface area contributed by atoms with Crippen molar-refractivity contribution < 1.29 is 19.4 Å². The molecule has 1 fully saturated rings. The Hall–Kier alpha value is -1.30. The molecule has 3 unspecified atom stereocenters. The molecule has 19 heavy (non-hydrogen) atoms. The van der Waals surface area contributed by atoms with Crippen molar-refractivity contribution in [2.75, 3.05) is 13.2 Å². The fourth-order valence-corrected chi connectivity index (χ4v) is 2.20. The van der Waals surface area contributed by atoms with Gasteiger partial charge in [-0.05, 0) is 25.7 Å². The average Bonchev–Trinajstić information content (AvgIpc) is 2.69. The minimum Gasteiger partial charge on any atom is -0.481 e. The highest BCUT2D eigenvalue weighted by atomic mass is 16.5. The number of carboxylic acid groups (broad SMARTS) is 1. The number of urea groups is 1. The predicted octanol–water partition coefficient (Wildman–Crippen LogP) is 1.21. The third-order valence-corrected chi connectivity index (χ3v) is 3.31. The summed E-state index contributed by atoms with van der Waals surface area (Å²) in [4.78, 5) is 22.7. The smallest absolute Gasteiger partial charge is 0.315 e. The molecule has 0 aliphatic carbocycles. The molecule has 3 atom stereocenters.